The third-order valence-corrected chi connectivity index (χ3v) is 3.16. The minimum Gasteiger partial charge on any atom is -0.352 e. The van der Waals surface area contributed by atoms with Gasteiger partial charge in [-0.05, 0) is 18.1 Å². The average molecular weight is 257 g/mol. The van der Waals surface area contributed by atoms with Gasteiger partial charge in [0.15, 0.2) is 0 Å². The first-order valence-electron chi connectivity index (χ1n) is 6.55. The highest BCUT2D eigenvalue weighted by Gasteiger charge is 2.08. The van der Waals surface area contributed by atoms with E-state index in [1.807, 2.05) is 37.3 Å². The molecule has 1 atom stereocenters. The largest absolute Gasteiger partial charge is 0.352 e. The summed E-state index contributed by atoms with van der Waals surface area (Å²) < 4.78 is 0. The highest BCUT2D eigenvalue weighted by atomic mass is 16.1. The Morgan fingerprint density at radius 2 is 2.16 bits per heavy atom. The van der Waals surface area contributed by atoms with Gasteiger partial charge in [-0.15, -0.1) is 0 Å². The van der Waals surface area contributed by atoms with E-state index >= 15 is 0 Å². The van der Waals surface area contributed by atoms with E-state index in [4.69, 9.17) is 5.73 Å². The maximum atomic E-state index is 11.7. The molecule has 0 fully saturated rings. The number of benzene rings is 1. The van der Waals surface area contributed by atoms with Crippen LogP contribution in [0.2, 0.25) is 0 Å². The molecule has 1 aromatic heterocycles. The number of nitrogens with one attached hydrogen (secondary N) is 1. The maximum Gasteiger partial charge on any atom is 0.221 e. The van der Waals surface area contributed by atoms with Crippen molar-refractivity contribution < 1.29 is 4.79 Å². The first-order valence-corrected chi connectivity index (χ1v) is 6.55. The predicted molar refractivity (Wildman–Crippen MR) is 76.5 cm³/mol. The van der Waals surface area contributed by atoms with Crippen LogP contribution < -0.4 is 11.1 Å². The molecule has 0 saturated heterocycles. The standard InChI is InChI=1S/C15H19N3O/c1-2-13(16)9-14(19)18-10-12-6-3-5-11-7-4-8-17-15(11)12/h3-8,13H,2,9-10,16H2,1H3,(H,18,19). The van der Waals surface area contributed by atoms with Crippen LogP contribution in [0.1, 0.15) is 25.3 Å². The number of aromatic nitrogens is 1. The Bertz CT molecular complexity index is 563. The molecule has 3 N–H and O–H groups in total. The summed E-state index contributed by atoms with van der Waals surface area (Å²) in [5, 5.41) is 3.98. The predicted octanol–water partition coefficient (Wildman–Crippen LogP) is 1.98. The highest BCUT2D eigenvalue weighted by Crippen LogP contribution is 2.15. The smallest absolute Gasteiger partial charge is 0.221 e. The van der Waals surface area contributed by atoms with Gasteiger partial charge >= 0.3 is 0 Å². The van der Waals surface area contributed by atoms with Crippen LogP contribution in [0.3, 0.4) is 0 Å². The zero-order valence-electron chi connectivity index (χ0n) is 11.1. The van der Waals surface area contributed by atoms with E-state index < -0.39 is 0 Å². The average Bonchev–Trinajstić information content (AvgIpc) is 2.44. The van der Waals surface area contributed by atoms with E-state index in [0.717, 1.165) is 22.9 Å². The van der Waals surface area contributed by atoms with E-state index in [1.54, 1.807) is 6.20 Å². The molecule has 1 aromatic carbocycles. The van der Waals surface area contributed by atoms with Gasteiger partial charge in [-0.3, -0.25) is 9.78 Å². The summed E-state index contributed by atoms with van der Waals surface area (Å²) in [6, 6.07) is 9.83. The summed E-state index contributed by atoms with van der Waals surface area (Å²) in [6.45, 7) is 2.47. The molecule has 0 aliphatic rings. The zero-order chi connectivity index (χ0) is 13.7. The first-order chi connectivity index (χ1) is 9.20. The Hall–Kier alpha value is -1.94. The molecule has 0 spiro atoms. The Kier molecular flexibility index (Phi) is 4.47. The molecular weight excluding hydrogens is 238 g/mol. The molecule has 2 aromatic rings. The van der Waals surface area contributed by atoms with Crippen LogP contribution in [0, 0.1) is 0 Å². The molecule has 19 heavy (non-hydrogen) atoms. The van der Waals surface area contributed by atoms with Gasteiger partial charge in [-0.25, -0.2) is 0 Å². The summed E-state index contributed by atoms with van der Waals surface area (Å²) in [6.07, 6.45) is 2.94. The number of para-hydroxylation sites is 1. The van der Waals surface area contributed by atoms with Crippen molar-refractivity contribution in [3.63, 3.8) is 0 Å². The van der Waals surface area contributed by atoms with Crippen LogP contribution >= 0.6 is 0 Å². The van der Waals surface area contributed by atoms with Crippen molar-refractivity contribution in [3.05, 3.63) is 42.1 Å². The Balaban J connectivity index is 2.04. The van der Waals surface area contributed by atoms with Crippen molar-refractivity contribution in [2.75, 3.05) is 0 Å². The number of carbonyl (C=O) groups excluding carboxylic acids is 1. The lowest BCUT2D eigenvalue weighted by molar-refractivity contribution is -0.121. The molecule has 2 rings (SSSR count). The summed E-state index contributed by atoms with van der Waals surface area (Å²) in [5.74, 6) is -0.0118. The van der Waals surface area contributed by atoms with Gasteiger partial charge in [0.1, 0.15) is 0 Å². The summed E-state index contributed by atoms with van der Waals surface area (Å²) in [4.78, 5) is 16.1. The van der Waals surface area contributed by atoms with E-state index in [-0.39, 0.29) is 11.9 Å². The number of nitrogens with two attached hydrogens (primary N) is 1. The maximum absolute atomic E-state index is 11.7. The molecule has 0 aliphatic heterocycles. The fourth-order valence-electron chi connectivity index (χ4n) is 1.96. The summed E-state index contributed by atoms with van der Waals surface area (Å²) in [5.41, 5.74) is 7.72. The molecule has 0 bridgehead atoms. The van der Waals surface area contributed by atoms with E-state index in [9.17, 15) is 4.79 Å². The van der Waals surface area contributed by atoms with Crippen LogP contribution in [-0.2, 0) is 11.3 Å². The first kappa shape index (κ1) is 13.5. The third kappa shape index (κ3) is 3.51. The number of hydrogen-bond donors (Lipinski definition) is 2. The van der Waals surface area contributed by atoms with Crippen molar-refractivity contribution in [1.82, 2.24) is 10.3 Å². The lowest BCUT2D eigenvalue weighted by Crippen LogP contribution is -2.30. The van der Waals surface area contributed by atoms with Gasteiger partial charge in [0, 0.05) is 30.6 Å². The molecule has 0 saturated carbocycles. The minimum atomic E-state index is -0.0642. The molecule has 1 unspecified atom stereocenters. The number of fused-ring (bicyclic) bond motifs is 1. The number of nitrogens with zero attached hydrogens (tertiary/aromatic N) is 1. The van der Waals surface area contributed by atoms with E-state index in [2.05, 4.69) is 10.3 Å². The second-order valence-corrected chi connectivity index (χ2v) is 4.64. The number of hydrogen-bond acceptors (Lipinski definition) is 3. The molecule has 0 aliphatic carbocycles. The topological polar surface area (TPSA) is 68.0 Å². The van der Waals surface area contributed by atoms with Crippen molar-refractivity contribution in [2.24, 2.45) is 5.73 Å². The summed E-state index contributed by atoms with van der Waals surface area (Å²) in [7, 11) is 0. The van der Waals surface area contributed by atoms with Crippen molar-refractivity contribution in [1.29, 1.82) is 0 Å². The summed E-state index contributed by atoms with van der Waals surface area (Å²) >= 11 is 0. The lowest BCUT2D eigenvalue weighted by Gasteiger charge is -2.10. The molecule has 100 valence electrons. The van der Waals surface area contributed by atoms with Crippen LogP contribution in [0.25, 0.3) is 10.9 Å². The molecule has 1 amide bonds. The molecule has 0 radical (unpaired) electrons. The van der Waals surface area contributed by atoms with Gasteiger partial charge in [0.2, 0.25) is 5.91 Å². The third-order valence-electron chi connectivity index (χ3n) is 3.16. The van der Waals surface area contributed by atoms with Crippen molar-refractivity contribution in [3.8, 4) is 0 Å². The molecular formula is C15H19N3O. The van der Waals surface area contributed by atoms with Crippen LogP contribution in [-0.4, -0.2) is 16.9 Å². The van der Waals surface area contributed by atoms with Crippen LogP contribution in [0.4, 0.5) is 0 Å². The van der Waals surface area contributed by atoms with E-state index in [0.29, 0.717) is 13.0 Å². The van der Waals surface area contributed by atoms with Gasteiger partial charge in [0.25, 0.3) is 0 Å². The number of amides is 1. The van der Waals surface area contributed by atoms with Crippen molar-refractivity contribution in [2.45, 2.75) is 32.4 Å². The Labute approximate surface area is 113 Å². The van der Waals surface area contributed by atoms with Gasteiger partial charge < -0.3 is 11.1 Å². The van der Waals surface area contributed by atoms with E-state index in [1.165, 1.54) is 0 Å². The Morgan fingerprint density at radius 3 is 2.95 bits per heavy atom. The van der Waals surface area contributed by atoms with Crippen molar-refractivity contribution >= 4 is 16.8 Å². The number of rotatable bonds is 5. The monoisotopic (exact) mass is 257 g/mol. The van der Waals surface area contributed by atoms with Crippen LogP contribution in [0.15, 0.2) is 36.5 Å². The SMILES string of the molecule is CCC(N)CC(=O)NCc1cccc2cccnc12. The zero-order valence-corrected chi connectivity index (χ0v) is 11.1. The minimum absolute atomic E-state index is 0.0118. The van der Waals surface area contributed by atoms with Crippen LogP contribution in [0.5, 0.6) is 0 Å². The highest BCUT2D eigenvalue weighted by molar-refractivity contribution is 5.82. The van der Waals surface area contributed by atoms with Gasteiger partial charge in [-0.1, -0.05) is 31.2 Å². The molecule has 4 heteroatoms. The number of carbonyl (C=O) groups is 1. The second kappa shape index (κ2) is 6.29. The molecule has 1 heterocycles. The second-order valence-electron chi connectivity index (χ2n) is 4.64. The molecule has 4 nitrogen and oxygen atoms in total. The fourth-order valence-corrected chi connectivity index (χ4v) is 1.96. The van der Waals surface area contributed by atoms with Gasteiger partial charge in [0.05, 0.1) is 5.52 Å². The Morgan fingerprint density at radius 1 is 1.37 bits per heavy atom. The lowest BCUT2D eigenvalue weighted by atomic mass is 10.1. The quantitative estimate of drug-likeness (QED) is 0.860. The number of pyridine rings is 1. The fraction of sp³-hybridized carbons (Fsp3) is 0.333. The normalized spacial score (nSPS) is 12.3. The van der Waals surface area contributed by atoms with Gasteiger partial charge in [-0.2, -0.15) is 0 Å².